The highest BCUT2D eigenvalue weighted by Crippen LogP contribution is 2.25. The molecular weight excluding hydrogens is 366 g/mol. The van der Waals surface area contributed by atoms with Crippen molar-refractivity contribution < 1.29 is 0 Å². The van der Waals surface area contributed by atoms with Crippen LogP contribution in [-0.4, -0.2) is 23.1 Å². The number of aryl methyl sites for hydroxylation is 3. The fraction of sp³-hybridized carbons (Fsp3) is 0.316. The fourth-order valence-electron chi connectivity index (χ4n) is 3.55. The molecule has 0 aliphatic rings. The van der Waals surface area contributed by atoms with Gasteiger partial charge < -0.3 is 0 Å². The number of benzene rings is 1. The first kappa shape index (κ1) is 17.6. The van der Waals surface area contributed by atoms with Gasteiger partial charge in [0.2, 0.25) is 5.78 Å². The predicted octanol–water partition coefficient (Wildman–Crippen LogP) is 2.82. The zero-order chi connectivity index (χ0) is 19.5. The topological polar surface area (TPSA) is 66.2 Å². The summed E-state index contributed by atoms with van der Waals surface area (Å²) in [6.07, 6.45) is 2.57. The van der Waals surface area contributed by atoms with E-state index in [0.717, 1.165) is 16.9 Å². The molecular formula is C19H20ClN5O2. The minimum absolute atomic E-state index is 0.317. The van der Waals surface area contributed by atoms with E-state index in [0.29, 0.717) is 34.9 Å². The van der Waals surface area contributed by atoms with Crippen LogP contribution in [0.15, 0.2) is 34.0 Å². The summed E-state index contributed by atoms with van der Waals surface area (Å²) in [5.41, 5.74) is 2.96. The van der Waals surface area contributed by atoms with E-state index in [-0.39, 0.29) is 11.2 Å². The standard InChI is InChI=1S/C19H20ClN5O2/c1-5-8-23-17(26)15-16(22(4)19(23)27)21-18-24(15)10-12(3)25(18)14-9-13(20)7-6-11(14)2/h6-7,9-10H,5,8H2,1-4H3. The predicted molar refractivity (Wildman–Crippen MR) is 106 cm³/mol. The van der Waals surface area contributed by atoms with Gasteiger partial charge in [-0.2, -0.15) is 4.98 Å². The highest BCUT2D eigenvalue weighted by molar-refractivity contribution is 6.30. The van der Waals surface area contributed by atoms with Gasteiger partial charge in [-0.1, -0.05) is 24.6 Å². The van der Waals surface area contributed by atoms with E-state index in [4.69, 9.17) is 11.6 Å². The first-order chi connectivity index (χ1) is 12.8. The summed E-state index contributed by atoms with van der Waals surface area (Å²) in [5.74, 6) is 0.578. The number of rotatable bonds is 3. The Bertz CT molecular complexity index is 1320. The van der Waals surface area contributed by atoms with Gasteiger partial charge in [0.25, 0.3) is 5.56 Å². The van der Waals surface area contributed by atoms with Crippen molar-refractivity contribution in [3.63, 3.8) is 0 Å². The van der Waals surface area contributed by atoms with Gasteiger partial charge in [0, 0.05) is 30.5 Å². The van der Waals surface area contributed by atoms with E-state index in [1.54, 1.807) is 11.4 Å². The van der Waals surface area contributed by atoms with Crippen molar-refractivity contribution in [2.45, 2.75) is 33.7 Å². The van der Waals surface area contributed by atoms with Gasteiger partial charge in [-0.15, -0.1) is 0 Å². The zero-order valence-corrected chi connectivity index (χ0v) is 16.4. The van der Waals surface area contributed by atoms with Crippen LogP contribution in [0.4, 0.5) is 0 Å². The molecule has 27 heavy (non-hydrogen) atoms. The van der Waals surface area contributed by atoms with Crippen molar-refractivity contribution in [3.8, 4) is 5.69 Å². The maximum atomic E-state index is 13.0. The molecule has 1 aromatic carbocycles. The van der Waals surface area contributed by atoms with Crippen LogP contribution in [-0.2, 0) is 13.6 Å². The molecule has 4 aromatic rings. The van der Waals surface area contributed by atoms with Crippen molar-refractivity contribution in [2.75, 3.05) is 0 Å². The molecule has 0 N–H and O–H groups in total. The number of aromatic nitrogens is 5. The van der Waals surface area contributed by atoms with Gasteiger partial charge >= 0.3 is 5.69 Å². The molecule has 0 amide bonds. The quantitative estimate of drug-likeness (QED) is 0.544. The van der Waals surface area contributed by atoms with Crippen LogP contribution in [0.25, 0.3) is 22.6 Å². The Morgan fingerprint density at radius 1 is 1.19 bits per heavy atom. The molecule has 0 saturated heterocycles. The second-order valence-corrected chi connectivity index (χ2v) is 7.23. The van der Waals surface area contributed by atoms with Gasteiger partial charge in [0.15, 0.2) is 11.2 Å². The van der Waals surface area contributed by atoms with Crippen LogP contribution in [0.3, 0.4) is 0 Å². The van der Waals surface area contributed by atoms with Crippen LogP contribution >= 0.6 is 11.6 Å². The van der Waals surface area contributed by atoms with Crippen LogP contribution in [0.2, 0.25) is 5.02 Å². The number of hydrogen-bond donors (Lipinski definition) is 0. The zero-order valence-electron chi connectivity index (χ0n) is 15.7. The summed E-state index contributed by atoms with van der Waals surface area (Å²) in [5, 5.41) is 0.621. The Morgan fingerprint density at radius 2 is 1.93 bits per heavy atom. The average Bonchev–Trinajstić information content (AvgIpc) is 3.14. The lowest BCUT2D eigenvalue weighted by molar-refractivity contribution is 0.592. The molecule has 7 nitrogen and oxygen atoms in total. The molecule has 0 unspecified atom stereocenters. The molecule has 0 aliphatic carbocycles. The lowest BCUT2D eigenvalue weighted by Crippen LogP contribution is -2.39. The minimum Gasteiger partial charge on any atom is -0.283 e. The molecule has 0 spiro atoms. The van der Waals surface area contributed by atoms with Crippen molar-refractivity contribution in [1.82, 2.24) is 23.1 Å². The van der Waals surface area contributed by atoms with Crippen LogP contribution in [0.1, 0.15) is 24.6 Å². The van der Waals surface area contributed by atoms with E-state index in [1.807, 2.05) is 49.7 Å². The molecule has 0 radical (unpaired) electrons. The average molecular weight is 386 g/mol. The number of fused-ring (bicyclic) bond motifs is 3. The first-order valence-electron chi connectivity index (χ1n) is 8.81. The molecule has 0 fully saturated rings. The lowest BCUT2D eigenvalue weighted by Gasteiger charge is -2.10. The van der Waals surface area contributed by atoms with Crippen LogP contribution < -0.4 is 11.2 Å². The second kappa shape index (κ2) is 6.13. The van der Waals surface area contributed by atoms with Gasteiger partial charge in [0.1, 0.15) is 0 Å². The Balaban J connectivity index is 2.17. The van der Waals surface area contributed by atoms with Crippen LogP contribution in [0, 0.1) is 13.8 Å². The maximum absolute atomic E-state index is 13.0. The van der Waals surface area contributed by atoms with Crippen LogP contribution in [0.5, 0.6) is 0 Å². The third kappa shape index (κ3) is 2.45. The van der Waals surface area contributed by atoms with E-state index in [1.165, 1.54) is 9.13 Å². The molecule has 8 heteroatoms. The Kier molecular flexibility index (Phi) is 3.99. The number of halogens is 1. The van der Waals surface area contributed by atoms with Gasteiger partial charge in [0.05, 0.1) is 5.69 Å². The fourth-order valence-corrected chi connectivity index (χ4v) is 3.72. The Labute approximate surface area is 160 Å². The summed E-state index contributed by atoms with van der Waals surface area (Å²) >= 11 is 6.20. The summed E-state index contributed by atoms with van der Waals surface area (Å²) in [4.78, 5) is 30.2. The smallest absolute Gasteiger partial charge is 0.283 e. The SMILES string of the molecule is CCCn1c(=O)c2c(nc3n(-c4cc(Cl)ccc4C)c(C)cn23)n(C)c1=O. The monoisotopic (exact) mass is 385 g/mol. The number of imidazole rings is 2. The summed E-state index contributed by atoms with van der Waals surface area (Å²) in [7, 11) is 1.64. The molecule has 0 aliphatic heterocycles. The van der Waals surface area contributed by atoms with Crippen molar-refractivity contribution in [3.05, 3.63) is 61.5 Å². The number of nitrogens with zero attached hydrogens (tertiary/aromatic N) is 5. The third-order valence-corrected chi connectivity index (χ3v) is 5.12. The highest BCUT2D eigenvalue weighted by atomic mass is 35.5. The molecule has 3 heterocycles. The summed E-state index contributed by atoms with van der Waals surface area (Å²) in [6.45, 7) is 6.26. The molecule has 0 saturated carbocycles. The van der Waals surface area contributed by atoms with E-state index in [2.05, 4.69) is 4.98 Å². The van der Waals surface area contributed by atoms with Crippen molar-refractivity contribution >= 4 is 28.5 Å². The van der Waals surface area contributed by atoms with Gasteiger partial charge in [-0.05, 0) is 38.0 Å². The summed E-state index contributed by atoms with van der Waals surface area (Å²) < 4.78 is 6.42. The largest absolute Gasteiger partial charge is 0.332 e. The second-order valence-electron chi connectivity index (χ2n) is 6.79. The van der Waals surface area contributed by atoms with Crippen molar-refractivity contribution in [2.24, 2.45) is 7.05 Å². The first-order valence-corrected chi connectivity index (χ1v) is 9.19. The van der Waals surface area contributed by atoms with E-state index in [9.17, 15) is 9.59 Å². The highest BCUT2D eigenvalue weighted by Gasteiger charge is 2.21. The number of hydrogen-bond acceptors (Lipinski definition) is 3. The normalized spacial score (nSPS) is 11.7. The Hall–Kier alpha value is -2.80. The molecule has 3 aromatic heterocycles. The van der Waals surface area contributed by atoms with E-state index >= 15 is 0 Å². The summed E-state index contributed by atoms with van der Waals surface area (Å²) in [6, 6.07) is 5.66. The molecule has 140 valence electrons. The minimum atomic E-state index is -0.350. The third-order valence-electron chi connectivity index (χ3n) is 4.89. The maximum Gasteiger partial charge on any atom is 0.332 e. The van der Waals surface area contributed by atoms with Gasteiger partial charge in [-0.25, -0.2) is 4.79 Å². The molecule has 0 bridgehead atoms. The molecule has 4 rings (SSSR count). The van der Waals surface area contributed by atoms with Crippen molar-refractivity contribution in [1.29, 1.82) is 0 Å². The lowest BCUT2D eigenvalue weighted by atomic mass is 10.2. The van der Waals surface area contributed by atoms with E-state index < -0.39 is 0 Å². The van der Waals surface area contributed by atoms with Gasteiger partial charge in [-0.3, -0.25) is 22.9 Å². The molecule has 0 atom stereocenters. The Morgan fingerprint density at radius 3 is 2.63 bits per heavy atom.